The van der Waals surface area contributed by atoms with Crippen LogP contribution in [0.4, 0.5) is 0 Å². The maximum absolute atomic E-state index is 12.5. The van der Waals surface area contributed by atoms with E-state index in [9.17, 15) is 4.79 Å². The van der Waals surface area contributed by atoms with Crippen molar-refractivity contribution in [1.29, 1.82) is 0 Å². The van der Waals surface area contributed by atoms with Gasteiger partial charge in [-0.25, -0.2) is 0 Å². The zero-order valence-electron chi connectivity index (χ0n) is 12.7. The van der Waals surface area contributed by atoms with Crippen LogP contribution in [-0.2, 0) is 6.42 Å². The third-order valence-corrected chi connectivity index (χ3v) is 4.37. The highest BCUT2D eigenvalue weighted by Gasteiger charge is 2.24. The van der Waals surface area contributed by atoms with Crippen molar-refractivity contribution >= 4 is 29.9 Å². The van der Waals surface area contributed by atoms with Crippen LogP contribution in [0, 0.1) is 0 Å². The van der Waals surface area contributed by atoms with Crippen molar-refractivity contribution in [3.05, 3.63) is 76.3 Å². The zero-order chi connectivity index (χ0) is 16.4. The van der Waals surface area contributed by atoms with Crippen LogP contribution in [0.25, 0.3) is 5.70 Å². The molecule has 23 heavy (non-hydrogen) atoms. The number of nitrogens with zero attached hydrogens (tertiary/aromatic N) is 1. The van der Waals surface area contributed by atoms with Crippen molar-refractivity contribution < 1.29 is 4.79 Å². The van der Waals surface area contributed by atoms with Gasteiger partial charge in [0.05, 0.1) is 11.7 Å². The first-order valence-corrected chi connectivity index (χ1v) is 7.81. The zero-order valence-corrected chi connectivity index (χ0v) is 13.4. The van der Waals surface area contributed by atoms with Crippen molar-refractivity contribution in [2.24, 2.45) is 4.99 Å². The summed E-state index contributed by atoms with van der Waals surface area (Å²) in [5.41, 5.74) is 4.30. The lowest BCUT2D eigenvalue weighted by molar-refractivity contribution is 0.0936. The van der Waals surface area contributed by atoms with Crippen LogP contribution in [0.5, 0.6) is 0 Å². The number of fused-ring (bicyclic) bond motifs is 1. The number of nitrogens with one attached hydrogen (secondary N) is 1. The monoisotopic (exact) mass is 324 g/mol. The van der Waals surface area contributed by atoms with Gasteiger partial charge in [-0.2, -0.15) is 0 Å². The second kappa shape index (κ2) is 6.39. The first-order valence-electron chi connectivity index (χ1n) is 7.44. The Morgan fingerprint density at radius 1 is 1.22 bits per heavy atom. The molecular formula is C19H17ClN2O. The first-order chi connectivity index (χ1) is 11.1. The molecular weight excluding hydrogens is 308 g/mol. The Labute approximate surface area is 140 Å². The van der Waals surface area contributed by atoms with E-state index in [-0.39, 0.29) is 11.9 Å². The molecule has 116 valence electrons. The lowest BCUT2D eigenvalue weighted by Crippen LogP contribution is -2.27. The number of aryl methyl sites for hydroxylation is 1. The fourth-order valence-electron chi connectivity index (χ4n) is 2.91. The molecule has 1 aliphatic rings. The van der Waals surface area contributed by atoms with Gasteiger partial charge >= 0.3 is 0 Å². The lowest BCUT2D eigenvalue weighted by Gasteiger charge is -2.14. The molecule has 0 radical (unpaired) electrons. The third kappa shape index (κ3) is 3.20. The van der Waals surface area contributed by atoms with E-state index in [1.807, 2.05) is 30.3 Å². The Morgan fingerprint density at radius 2 is 2.00 bits per heavy atom. The summed E-state index contributed by atoms with van der Waals surface area (Å²) in [4.78, 5) is 16.3. The highest BCUT2D eigenvalue weighted by atomic mass is 35.5. The second-order valence-electron chi connectivity index (χ2n) is 5.59. The molecule has 3 nitrogen and oxygen atoms in total. The molecule has 3 rings (SSSR count). The number of hydrogen-bond acceptors (Lipinski definition) is 2. The van der Waals surface area contributed by atoms with E-state index in [2.05, 4.69) is 23.6 Å². The van der Waals surface area contributed by atoms with Crippen LogP contribution in [0.15, 0.2) is 54.0 Å². The Kier molecular flexibility index (Phi) is 4.30. The van der Waals surface area contributed by atoms with Gasteiger partial charge in [0, 0.05) is 16.1 Å². The molecule has 0 saturated carbocycles. The second-order valence-corrected chi connectivity index (χ2v) is 6.03. The van der Waals surface area contributed by atoms with Gasteiger partial charge in [0.25, 0.3) is 5.91 Å². The molecule has 1 aliphatic carbocycles. The van der Waals surface area contributed by atoms with Crippen molar-refractivity contribution in [2.45, 2.75) is 18.9 Å². The minimum Gasteiger partial charge on any atom is -0.345 e. The molecule has 0 aromatic heterocycles. The summed E-state index contributed by atoms with van der Waals surface area (Å²) in [7, 11) is 0. The molecule has 0 fully saturated rings. The predicted molar refractivity (Wildman–Crippen MR) is 95.0 cm³/mol. The van der Waals surface area contributed by atoms with Gasteiger partial charge in [0.2, 0.25) is 0 Å². The number of hydrogen-bond donors (Lipinski definition) is 1. The molecule has 1 N–H and O–H groups in total. The van der Waals surface area contributed by atoms with Gasteiger partial charge in [-0.15, -0.1) is 0 Å². The van der Waals surface area contributed by atoms with Crippen LogP contribution in [0.3, 0.4) is 0 Å². The largest absolute Gasteiger partial charge is 0.345 e. The molecule has 1 atom stereocenters. The van der Waals surface area contributed by atoms with E-state index in [1.165, 1.54) is 5.56 Å². The summed E-state index contributed by atoms with van der Waals surface area (Å²) in [5.74, 6) is -0.100. The summed E-state index contributed by atoms with van der Waals surface area (Å²) in [5, 5.41) is 3.83. The van der Waals surface area contributed by atoms with Crippen LogP contribution in [0.1, 0.15) is 39.5 Å². The van der Waals surface area contributed by atoms with Crippen LogP contribution < -0.4 is 5.32 Å². The quantitative estimate of drug-likeness (QED) is 0.831. The van der Waals surface area contributed by atoms with Crippen molar-refractivity contribution in [3.63, 3.8) is 0 Å². The SMILES string of the molecule is C=NC(=C)c1cccc(C(=O)N[C@@H]2CCc3cc(Cl)ccc32)c1. The number of aliphatic imine (C=N–C) groups is 1. The average Bonchev–Trinajstić information content (AvgIpc) is 2.96. The molecule has 0 aliphatic heterocycles. The van der Waals surface area contributed by atoms with E-state index in [0.717, 1.165) is 29.0 Å². The number of halogens is 1. The number of benzene rings is 2. The molecule has 0 heterocycles. The van der Waals surface area contributed by atoms with Gasteiger partial charge in [0.1, 0.15) is 0 Å². The van der Waals surface area contributed by atoms with Gasteiger partial charge in [0.15, 0.2) is 0 Å². The first kappa shape index (κ1) is 15.5. The molecule has 0 saturated heterocycles. The highest BCUT2D eigenvalue weighted by Crippen LogP contribution is 2.33. The molecule has 0 bridgehead atoms. The van der Waals surface area contributed by atoms with Crippen molar-refractivity contribution in [2.75, 3.05) is 0 Å². The van der Waals surface area contributed by atoms with Crippen molar-refractivity contribution in [3.8, 4) is 0 Å². The van der Waals surface area contributed by atoms with E-state index < -0.39 is 0 Å². The summed E-state index contributed by atoms with van der Waals surface area (Å²) in [6.07, 6.45) is 1.82. The normalized spacial score (nSPS) is 15.8. The Morgan fingerprint density at radius 3 is 2.78 bits per heavy atom. The van der Waals surface area contributed by atoms with Gasteiger partial charge < -0.3 is 5.32 Å². The van der Waals surface area contributed by atoms with E-state index >= 15 is 0 Å². The maximum atomic E-state index is 12.5. The Hall–Kier alpha value is -2.39. The highest BCUT2D eigenvalue weighted by molar-refractivity contribution is 6.30. The smallest absolute Gasteiger partial charge is 0.251 e. The number of rotatable bonds is 4. The van der Waals surface area contributed by atoms with Gasteiger partial charge in [-0.3, -0.25) is 9.79 Å². The van der Waals surface area contributed by atoms with Crippen LogP contribution >= 0.6 is 11.6 Å². The van der Waals surface area contributed by atoms with Crippen LogP contribution in [-0.4, -0.2) is 12.6 Å². The fraction of sp³-hybridized carbons (Fsp3) is 0.158. The maximum Gasteiger partial charge on any atom is 0.251 e. The average molecular weight is 325 g/mol. The number of carbonyl (C=O) groups excluding carboxylic acids is 1. The molecule has 1 amide bonds. The lowest BCUT2D eigenvalue weighted by atomic mass is 10.1. The van der Waals surface area contributed by atoms with Gasteiger partial charge in [-0.1, -0.05) is 36.4 Å². The van der Waals surface area contributed by atoms with E-state index in [1.54, 1.807) is 12.1 Å². The topological polar surface area (TPSA) is 41.5 Å². The minimum atomic E-state index is -0.100. The molecule has 4 heteroatoms. The Balaban J connectivity index is 1.79. The number of carbonyl (C=O) groups is 1. The van der Waals surface area contributed by atoms with E-state index in [0.29, 0.717) is 11.3 Å². The molecule has 0 unspecified atom stereocenters. The molecule has 2 aromatic rings. The molecule has 2 aromatic carbocycles. The summed E-state index contributed by atoms with van der Waals surface area (Å²) < 4.78 is 0. The molecule has 0 spiro atoms. The van der Waals surface area contributed by atoms with E-state index in [4.69, 9.17) is 11.6 Å². The Bertz CT molecular complexity index is 798. The fourth-order valence-corrected chi connectivity index (χ4v) is 3.10. The predicted octanol–water partition coefficient (Wildman–Crippen LogP) is 4.43. The van der Waals surface area contributed by atoms with Crippen LogP contribution in [0.2, 0.25) is 5.02 Å². The summed E-state index contributed by atoms with van der Waals surface area (Å²) >= 11 is 6.02. The number of amides is 1. The standard InChI is InChI=1S/C19H17ClN2O/c1-12(21-2)13-4-3-5-15(10-13)19(23)22-18-9-6-14-11-16(20)7-8-17(14)18/h3-5,7-8,10-11,18H,1-2,6,9H2,(H,22,23)/t18-/m1/s1. The summed E-state index contributed by atoms with van der Waals surface area (Å²) in [6, 6.07) is 13.1. The minimum absolute atomic E-state index is 0.0270. The third-order valence-electron chi connectivity index (χ3n) is 4.14. The van der Waals surface area contributed by atoms with Gasteiger partial charge in [-0.05, 0) is 55.0 Å². The summed E-state index contributed by atoms with van der Waals surface area (Å²) in [6.45, 7) is 7.28. The van der Waals surface area contributed by atoms with Crippen molar-refractivity contribution in [1.82, 2.24) is 5.32 Å².